The molecule has 2 aromatic rings. The van der Waals surface area contributed by atoms with Crippen LogP contribution in [0.1, 0.15) is 11.3 Å². The van der Waals surface area contributed by atoms with Gasteiger partial charge in [-0.2, -0.15) is 23.5 Å². The Bertz CT molecular complexity index is 671. The van der Waals surface area contributed by atoms with E-state index in [4.69, 9.17) is 28.5 Å². The average Bonchev–Trinajstić information content (AvgIpc) is 2.76. The number of nitrogens with one attached hydrogen (secondary N) is 1. The molecule has 0 aliphatic carbocycles. The number of nitriles is 1. The van der Waals surface area contributed by atoms with Gasteiger partial charge in [0.15, 0.2) is 5.69 Å². The molecule has 0 atom stereocenters. The van der Waals surface area contributed by atoms with Gasteiger partial charge >= 0.3 is 6.18 Å². The van der Waals surface area contributed by atoms with Crippen molar-refractivity contribution in [1.82, 2.24) is 10.2 Å². The lowest BCUT2D eigenvalue weighted by molar-refractivity contribution is -0.141. The highest BCUT2D eigenvalue weighted by molar-refractivity contribution is 6.42. The summed E-state index contributed by atoms with van der Waals surface area (Å²) < 4.78 is 37.9. The van der Waals surface area contributed by atoms with Crippen molar-refractivity contribution < 1.29 is 13.2 Å². The predicted molar refractivity (Wildman–Crippen MR) is 63.8 cm³/mol. The molecule has 0 aliphatic heterocycles. The number of aromatic amines is 1. The molecule has 1 aromatic heterocycles. The van der Waals surface area contributed by atoms with E-state index >= 15 is 0 Å². The number of alkyl halides is 3. The second-order valence-electron chi connectivity index (χ2n) is 3.56. The molecule has 0 fully saturated rings. The molecule has 19 heavy (non-hydrogen) atoms. The van der Waals surface area contributed by atoms with E-state index in [-0.39, 0.29) is 21.3 Å². The fourth-order valence-electron chi connectivity index (χ4n) is 1.51. The number of hydrogen-bond acceptors (Lipinski definition) is 2. The maximum atomic E-state index is 12.6. The van der Waals surface area contributed by atoms with Crippen LogP contribution < -0.4 is 0 Å². The highest BCUT2D eigenvalue weighted by atomic mass is 35.5. The topological polar surface area (TPSA) is 52.5 Å². The normalized spacial score (nSPS) is 11.4. The molecule has 0 saturated carbocycles. The molecule has 1 N–H and O–H groups in total. The summed E-state index contributed by atoms with van der Waals surface area (Å²) in [6.07, 6.45) is -4.67. The zero-order chi connectivity index (χ0) is 14.2. The van der Waals surface area contributed by atoms with Crippen LogP contribution in [0.2, 0.25) is 10.0 Å². The molecule has 98 valence electrons. The first-order valence-electron chi connectivity index (χ1n) is 4.85. The fourth-order valence-corrected chi connectivity index (χ4v) is 1.81. The van der Waals surface area contributed by atoms with Gasteiger partial charge in [-0.3, -0.25) is 5.10 Å². The maximum absolute atomic E-state index is 12.6. The van der Waals surface area contributed by atoms with Crippen molar-refractivity contribution in [2.45, 2.75) is 6.18 Å². The minimum atomic E-state index is -4.67. The molecule has 0 unspecified atom stereocenters. The second-order valence-corrected chi connectivity index (χ2v) is 4.38. The highest BCUT2D eigenvalue weighted by Crippen LogP contribution is 2.35. The number of benzene rings is 1. The van der Waals surface area contributed by atoms with Gasteiger partial charge in [-0.05, 0) is 12.1 Å². The van der Waals surface area contributed by atoms with Gasteiger partial charge in [-0.25, -0.2) is 0 Å². The summed E-state index contributed by atoms with van der Waals surface area (Å²) in [7, 11) is 0. The average molecular weight is 306 g/mol. The van der Waals surface area contributed by atoms with Crippen LogP contribution in [-0.4, -0.2) is 10.2 Å². The number of hydrogen-bond donors (Lipinski definition) is 1. The smallest absolute Gasteiger partial charge is 0.272 e. The first kappa shape index (κ1) is 13.7. The standard InChI is InChI=1S/C11H4Cl2F3N3/c12-7-2-1-5(3-8(7)13)9-6(4-17)10(19-18-9)11(14,15)16/h1-3H,(H,18,19). The van der Waals surface area contributed by atoms with Crippen LogP contribution in [0.3, 0.4) is 0 Å². The molecule has 1 heterocycles. The van der Waals surface area contributed by atoms with Crippen molar-refractivity contribution in [1.29, 1.82) is 5.26 Å². The van der Waals surface area contributed by atoms with E-state index in [1.807, 2.05) is 5.10 Å². The molecule has 0 radical (unpaired) electrons. The van der Waals surface area contributed by atoms with E-state index in [0.29, 0.717) is 0 Å². The zero-order valence-corrected chi connectivity index (χ0v) is 10.5. The summed E-state index contributed by atoms with van der Waals surface area (Å²) >= 11 is 11.5. The summed E-state index contributed by atoms with van der Waals surface area (Å²) in [5, 5.41) is 14.6. The molecule has 0 bridgehead atoms. The van der Waals surface area contributed by atoms with E-state index in [1.165, 1.54) is 24.3 Å². The SMILES string of the molecule is N#Cc1c(-c2ccc(Cl)c(Cl)c2)n[nH]c1C(F)(F)F. The molecule has 2 rings (SSSR count). The van der Waals surface area contributed by atoms with Crippen molar-refractivity contribution in [3.05, 3.63) is 39.5 Å². The first-order chi connectivity index (χ1) is 8.84. The van der Waals surface area contributed by atoms with Crippen LogP contribution in [0.4, 0.5) is 13.2 Å². The third-order valence-corrected chi connectivity index (χ3v) is 3.09. The lowest BCUT2D eigenvalue weighted by Gasteiger charge is -2.03. The highest BCUT2D eigenvalue weighted by Gasteiger charge is 2.37. The zero-order valence-electron chi connectivity index (χ0n) is 9.02. The Morgan fingerprint density at radius 1 is 1.21 bits per heavy atom. The predicted octanol–water partition coefficient (Wildman–Crippen LogP) is 4.27. The lowest BCUT2D eigenvalue weighted by atomic mass is 10.1. The summed E-state index contributed by atoms with van der Waals surface area (Å²) in [5.74, 6) is 0. The van der Waals surface area contributed by atoms with Crippen LogP contribution in [0.15, 0.2) is 18.2 Å². The van der Waals surface area contributed by atoms with Crippen molar-refractivity contribution in [3.8, 4) is 17.3 Å². The Kier molecular flexibility index (Phi) is 3.43. The number of halogens is 5. The Hall–Kier alpha value is -1.71. The van der Waals surface area contributed by atoms with Crippen LogP contribution in [-0.2, 0) is 6.18 Å². The number of nitrogens with zero attached hydrogens (tertiary/aromatic N) is 2. The van der Waals surface area contributed by atoms with Crippen LogP contribution in [0, 0.1) is 11.3 Å². The third kappa shape index (κ3) is 2.53. The molecule has 0 amide bonds. The Morgan fingerprint density at radius 3 is 2.42 bits per heavy atom. The van der Waals surface area contributed by atoms with Gasteiger partial charge in [0.05, 0.1) is 10.0 Å². The van der Waals surface area contributed by atoms with E-state index in [9.17, 15) is 13.2 Å². The summed E-state index contributed by atoms with van der Waals surface area (Å²) in [4.78, 5) is 0. The lowest BCUT2D eigenvalue weighted by Crippen LogP contribution is -2.07. The molecular formula is C11H4Cl2F3N3. The minimum Gasteiger partial charge on any atom is -0.272 e. The Labute approximate surface area is 115 Å². The van der Waals surface area contributed by atoms with Gasteiger partial charge in [0, 0.05) is 5.56 Å². The number of aromatic nitrogens is 2. The quantitative estimate of drug-likeness (QED) is 0.855. The second kappa shape index (κ2) is 4.76. The van der Waals surface area contributed by atoms with Crippen molar-refractivity contribution >= 4 is 23.2 Å². The van der Waals surface area contributed by atoms with E-state index in [1.54, 1.807) is 0 Å². The number of rotatable bonds is 1. The van der Waals surface area contributed by atoms with Gasteiger partial charge in [0.25, 0.3) is 0 Å². The maximum Gasteiger partial charge on any atom is 0.434 e. The van der Waals surface area contributed by atoms with Crippen LogP contribution in [0.25, 0.3) is 11.3 Å². The van der Waals surface area contributed by atoms with E-state index in [2.05, 4.69) is 5.10 Å². The van der Waals surface area contributed by atoms with Gasteiger partial charge < -0.3 is 0 Å². The molecule has 8 heteroatoms. The van der Waals surface area contributed by atoms with Crippen molar-refractivity contribution in [3.63, 3.8) is 0 Å². The van der Waals surface area contributed by atoms with E-state index in [0.717, 1.165) is 0 Å². The van der Waals surface area contributed by atoms with Gasteiger partial charge in [-0.1, -0.05) is 29.3 Å². The molecular weight excluding hydrogens is 302 g/mol. The molecule has 3 nitrogen and oxygen atoms in total. The number of H-pyrrole nitrogens is 1. The van der Waals surface area contributed by atoms with Crippen molar-refractivity contribution in [2.24, 2.45) is 0 Å². The van der Waals surface area contributed by atoms with Gasteiger partial charge in [-0.15, -0.1) is 0 Å². The minimum absolute atomic E-state index is 0.117. The van der Waals surface area contributed by atoms with Gasteiger partial charge in [0.1, 0.15) is 17.3 Å². The Balaban J connectivity index is 2.61. The van der Waals surface area contributed by atoms with Crippen LogP contribution >= 0.6 is 23.2 Å². The summed E-state index contributed by atoms with van der Waals surface area (Å²) in [6, 6.07) is 5.70. The third-order valence-electron chi connectivity index (χ3n) is 2.35. The molecule has 0 aliphatic rings. The largest absolute Gasteiger partial charge is 0.434 e. The van der Waals surface area contributed by atoms with E-state index < -0.39 is 17.4 Å². The van der Waals surface area contributed by atoms with Gasteiger partial charge in [0.2, 0.25) is 0 Å². The summed E-state index contributed by atoms with van der Waals surface area (Å²) in [5.41, 5.74) is -1.60. The molecule has 0 saturated heterocycles. The first-order valence-corrected chi connectivity index (χ1v) is 5.61. The Morgan fingerprint density at radius 2 is 1.89 bits per heavy atom. The van der Waals surface area contributed by atoms with Crippen LogP contribution in [0.5, 0.6) is 0 Å². The fraction of sp³-hybridized carbons (Fsp3) is 0.0909. The molecule has 1 aromatic carbocycles. The van der Waals surface area contributed by atoms with Crippen molar-refractivity contribution in [2.75, 3.05) is 0 Å². The monoisotopic (exact) mass is 305 g/mol. The molecule has 0 spiro atoms. The summed E-state index contributed by atoms with van der Waals surface area (Å²) in [6.45, 7) is 0.